The molecule has 0 bridgehead atoms. The average Bonchev–Trinajstić information content (AvgIpc) is 2.55. The lowest BCUT2D eigenvalue weighted by molar-refractivity contribution is 0.0780. The highest BCUT2D eigenvalue weighted by molar-refractivity contribution is 5.97. The van der Waals surface area contributed by atoms with E-state index in [1.165, 1.54) is 18.1 Å². The maximum atomic E-state index is 13.7. The molecule has 22 heavy (non-hydrogen) atoms. The molecular formula is C17H18FNO3. The summed E-state index contributed by atoms with van der Waals surface area (Å²) in [6.07, 6.45) is 0. The van der Waals surface area contributed by atoms with E-state index in [0.717, 1.165) is 0 Å². The zero-order chi connectivity index (χ0) is 16.1. The predicted molar refractivity (Wildman–Crippen MR) is 81.7 cm³/mol. The maximum absolute atomic E-state index is 13.7. The largest absolute Gasteiger partial charge is 0.497 e. The molecule has 0 N–H and O–H groups in total. The Morgan fingerprint density at radius 2 is 1.86 bits per heavy atom. The standard InChI is InChI=1S/C17H18FNO3/c1-19(11-12-6-4-5-7-15(12)18)17(20)14-9-8-13(21-2)10-16(14)22-3/h4-10H,11H2,1-3H3. The van der Waals surface area contributed by atoms with Crippen molar-refractivity contribution in [3.05, 3.63) is 59.4 Å². The number of amides is 1. The summed E-state index contributed by atoms with van der Waals surface area (Å²) >= 11 is 0. The highest BCUT2D eigenvalue weighted by Gasteiger charge is 2.18. The van der Waals surface area contributed by atoms with E-state index in [9.17, 15) is 9.18 Å². The number of halogens is 1. The molecule has 0 radical (unpaired) electrons. The Hall–Kier alpha value is -2.56. The zero-order valence-electron chi connectivity index (χ0n) is 12.8. The van der Waals surface area contributed by atoms with Crippen molar-refractivity contribution in [2.24, 2.45) is 0 Å². The number of methoxy groups -OCH3 is 2. The Morgan fingerprint density at radius 1 is 1.14 bits per heavy atom. The highest BCUT2D eigenvalue weighted by Crippen LogP contribution is 2.26. The van der Waals surface area contributed by atoms with E-state index >= 15 is 0 Å². The molecule has 0 heterocycles. The van der Waals surface area contributed by atoms with Gasteiger partial charge >= 0.3 is 0 Å². The Morgan fingerprint density at radius 3 is 2.50 bits per heavy atom. The van der Waals surface area contributed by atoms with E-state index in [-0.39, 0.29) is 18.3 Å². The lowest BCUT2D eigenvalue weighted by atomic mass is 10.1. The average molecular weight is 303 g/mol. The number of ether oxygens (including phenoxy) is 2. The minimum Gasteiger partial charge on any atom is -0.497 e. The summed E-state index contributed by atoms with van der Waals surface area (Å²) < 4.78 is 24.0. The molecule has 0 aromatic heterocycles. The van der Waals surface area contributed by atoms with Crippen molar-refractivity contribution < 1.29 is 18.7 Å². The van der Waals surface area contributed by atoms with Gasteiger partial charge in [0.15, 0.2) is 0 Å². The molecule has 0 aliphatic heterocycles. The fourth-order valence-corrected chi connectivity index (χ4v) is 2.13. The van der Waals surface area contributed by atoms with Crippen molar-refractivity contribution >= 4 is 5.91 Å². The van der Waals surface area contributed by atoms with E-state index in [2.05, 4.69) is 0 Å². The number of rotatable bonds is 5. The van der Waals surface area contributed by atoms with Crippen LogP contribution < -0.4 is 9.47 Å². The summed E-state index contributed by atoms with van der Waals surface area (Å²) in [6.45, 7) is 0.181. The van der Waals surface area contributed by atoms with E-state index in [0.29, 0.717) is 22.6 Å². The van der Waals surface area contributed by atoms with Crippen molar-refractivity contribution in [3.63, 3.8) is 0 Å². The van der Waals surface area contributed by atoms with Gasteiger partial charge in [0, 0.05) is 25.2 Å². The van der Waals surface area contributed by atoms with Gasteiger partial charge < -0.3 is 14.4 Å². The minimum absolute atomic E-state index is 0.181. The second kappa shape index (κ2) is 6.93. The summed E-state index contributed by atoms with van der Waals surface area (Å²) in [4.78, 5) is 14.0. The first-order chi connectivity index (χ1) is 10.6. The van der Waals surface area contributed by atoms with Gasteiger partial charge in [-0.2, -0.15) is 0 Å². The third-order valence-corrected chi connectivity index (χ3v) is 3.35. The van der Waals surface area contributed by atoms with Gasteiger partial charge in [0.2, 0.25) is 0 Å². The molecule has 2 aromatic rings. The van der Waals surface area contributed by atoms with Crippen LogP contribution in [-0.4, -0.2) is 32.1 Å². The number of benzene rings is 2. The van der Waals surface area contributed by atoms with Gasteiger partial charge in [-0.05, 0) is 18.2 Å². The SMILES string of the molecule is COc1ccc(C(=O)N(C)Cc2ccccc2F)c(OC)c1. The first-order valence-corrected chi connectivity index (χ1v) is 6.77. The molecule has 0 aliphatic carbocycles. The number of nitrogens with zero attached hydrogens (tertiary/aromatic N) is 1. The predicted octanol–water partition coefficient (Wildman–Crippen LogP) is 3.12. The van der Waals surface area contributed by atoms with Gasteiger partial charge in [-0.3, -0.25) is 4.79 Å². The zero-order valence-corrected chi connectivity index (χ0v) is 12.8. The van der Waals surface area contributed by atoms with Crippen LogP contribution in [0.3, 0.4) is 0 Å². The van der Waals surface area contributed by atoms with Crippen LogP contribution in [0, 0.1) is 5.82 Å². The molecule has 1 amide bonds. The summed E-state index contributed by atoms with van der Waals surface area (Å²) in [5.74, 6) is 0.446. The van der Waals surface area contributed by atoms with Crippen LogP contribution >= 0.6 is 0 Å². The summed E-state index contributed by atoms with van der Waals surface area (Å²) in [5, 5.41) is 0. The van der Waals surface area contributed by atoms with Gasteiger partial charge in [0.05, 0.1) is 19.8 Å². The van der Waals surface area contributed by atoms with E-state index in [1.807, 2.05) is 0 Å². The fourth-order valence-electron chi connectivity index (χ4n) is 2.13. The minimum atomic E-state index is -0.330. The molecule has 0 saturated heterocycles. The number of carbonyl (C=O) groups excluding carboxylic acids is 1. The Bertz CT molecular complexity index is 673. The van der Waals surface area contributed by atoms with E-state index < -0.39 is 0 Å². The van der Waals surface area contributed by atoms with Crippen LogP contribution in [0.4, 0.5) is 4.39 Å². The molecule has 0 atom stereocenters. The van der Waals surface area contributed by atoms with Crippen molar-refractivity contribution in [3.8, 4) is 11.5 Å². The van der Waals surface area contributed by atoms with Crippen LogP contribution in [0.1, 0.15) is 15.9 Å². The molecule has 2 aromatic carbocycles. The Kier molecular flexibility index (Phi) is 4.99. The van der Waals surface area contributed by atoms with Crippen molar-refractivity contribution in [2.45, 2.75) is 6.54 Å². The first kappa shape index (κ1) is 15.8. The van der Waals surface area contributed by atoms with Crippen molar-refractivity contribution in [2.75, 3.05) is 21.3 Å². The lowest BCUT2D eigenvalue weighted by Gasteiger charge is -2.19. The normalized spacial score (nSPS) is 10.2. The molecule has 0 unspecified atom stereocenters. The highest BCUT2D eigenvalue weighted by atomic mass is 19.1. The Labute approximate surface area is 129 Å². The summed E-state index contributed by atoms with van der Waals surface area (Å²) in [5.41, 5.74) is 0.868. The van der Waals surface area contributed by atoms with E-state index in [4.69, 9.17) is 9.47 Å². The number of hydrogen-bond donors (Lipinski definition) is 0. The molecule has 0 saturated carbocycles. The topological polar surface area (TPSA) is 38.8 Å². The lowest BCUT2D eigenvalue weighted by Crippen LogP contribution is -2.27. The van der Waals surface area contributed by atoms with Gasteiger partial charge in [0.25, 0.3) is 5.91 Å². The van der Waals surface area contributed by atoms with Crippen molar-refractivity contribution in [1.29, 1.82) is 0 Å². The smallest absolute Gasteiger partial charge is 0.257 e. The molecule has 4 nitrogen and oxygen atoms in total. The van der Waals surface area contributed by atoms with Crippen LogP contribution in [0.5, 0.6) is 11.5 Å². The number of hydrogen-bond acceptors (Lipinski definition) is 3. The molecule has 0 spiro atoms. The quantitative estimate of drug-likeness (QED) is 0.852. The van der Waals surface area contributed by atoms with Gasteiger partial charge in [-0.25, -0.2) is 4.39 Å². The molecule has 0 fully saturated rings. The number of carbonyl (C=O) groups is 1. The maximum Gasteiger partial charge on any atom is 0.257 e. The summed E-state index contributed by atoms with van der Waals surface area (Å²) in [6, 6.07) is 11.4. The monoisotopic (exact) mass is 303 g/mol. The van der Waals surface area contributed by atoms with Gasteiger partial charge in [-0.15, -0.1) is 0 Å². The molecule has 0 aliphatic rings. The molecular weight excluding hydrogens is 285 g/mol. The van der Waals surface area contributed by atoms with Crippen LogP contribution in [0.2, 0.25) is 0 Å². The van der Waals surface area contributed by atoms with E-state index in [1.54, 1.807) is 50.6 Å². The molecule has 5 heteroatoms. The third-order valence-electron chi connectivity index (χ3n) is 3.35. The van der Waals surface area contributed by atoms with Crippen LogP contribution in [-0.2, 0) is 6.54 Å². The Balaban J connectivity index is 2.22. The van der Waals surface area contributed by atoms with Gasteiger partial charge in [0.1, 0.15) is 17.3 Å². The third kappa shape index (κ3) is 3.36. The van der Waals surface area contributed by atoms with Crippen LogP contribution in [0.15, 0.2) is 42.5 Å². The summed E-state index contributed by atoms with van der Waals surface area (Å²) in [7, 11) is 4.65. The fraction of sp³-hybridized carbons (Fsp3) is 0.235. The second-order valence-electron chi connectivity index (χ2n) is 4.82. The molecule has 2 rings (SSSR count). The molecule has 116 valence electrons. The van der Waals surface area contributed by atoms with Crippen molar-refractivity contribution in [1.82, 2.24) is 4.90 Å². The first-order valence-electron chi connectivity index (χ1n) is 6.77. The van der Waals surface area contributed by atoms with Gasteiger partial charge in [-0.1, -0.05) is 18.2 Å². The van der Waals surface area contributed by atoms with Crippen LogP contribution in [0.25, 0.3) is 0 Å². The second-order valence-corrected chi connectivity index (χ2v) is 4.82.